The Morgan fingerprint density at radius 1 is 1.00 bits per heavy atom. The zero-order valence-electron chi connectivity index (χ0n) is 6.42. The van der Waals surface area contributed by atoms with Gasteiger partial charge in [-0.3, -0.25) is 0 Å². The summed E-state index contributed by atoms with van der Waals surface area (Å²) in [6, 6.07) is 0. The van der Waals surface area contributed by atoms with Crippen molar-refractivity contribution in [2.75, 3.05) is 0 Å². The van der Waals surface area contributed by atoms with Crippen molar-refractivity contribution < 1.29 is 0 Å². The van der Waals surface area contributed by atoms with E-state index >= 15 is 0 Å². The van der Waals surface area contributed by atoms with Crippen molar-refractivity contribution >= 4 is 0 Å². The van der Waals surface area contributed by atoms with E-state index in [1.807, 2.05) is 18.2 Å². The summed E-state index contributed by atoms with van der Waals surface area (Å²) < 4.78 is 0. The largest absolute Gasteiger partial charge is 0.103 e. The van der Waals surface area contributed by atoms with Gasteiger partial charge >= 0.3 is 0 Å². The van der Waals surface area contributed by atoms with Gasteiger partial charge in [-0.2, -0.15) is 0 Å². The second kappa shape index (κ2) is 6.34. The van der Waals surface area contributed by atoms with E-state index < -0.39 is 0 Å². The van der Waals surface area contributed by atoms with E-state index in [0.717, 1.165) is 12.8 Å². The first-order valence-electron chi connectivity index (χ1n) is 3.52. The summed E-state index contributed by atoms with van der Waals surface area (Å²) >= 11 is 0. The third-order valence-electron chi connectivity index (χ3n) is 1.35. The lowest BCUT2D eigenvalue weighted by molar-refractivity contribution is 0.643. The number of hydrogen-bond donors (Lipinski definition) is 0. The maximum atomic E-state index is 3.68. The summed E-state index contributed by atoms with van der Waals surface area (Å²) in [7, 11) is 0. The molecular weight excluding hydrogens is 120 g/mol. The molecule has 1 radical (unpaired) electrons. The van der Waals surface area contributed by atoms with E-state index in [9.17, 15) is 0 Å². The molecule has 0 rings (SSSR count). The van der Waals surface area contributed by atoms with E-state index in [1.54, 1.807) is 0 Å². The van der Waals surface area contributed by atoms with Crippen LogP contribution in [-0.4, -0.2) is 0 Å². The van der Waals surface area contributed by atoms with Crippen molar-refractivity contribution in [1.82, 2.24) is 0 Å². The molecule has 0 aromatic rings. The van der Waals surface area contributed by atoms with Gasteiger partial charge in [0, 0.05) is 0 Å². The molecule has 0 amide bonds. The van der Waals surface area contributed by atoms with Gasteiger partial charge in [-0.25, -0.2) is 0 Å². The fraction of sp³-hybridized carbons (Fsp3) is 0.300. The predicted octanol–water partition coefficient (Wildman–Crippen LogP) is 3.15. The molecular formula is C10H15. The fourth-order valence-electron chi connectivity index (χ4n) is 0.874. The highest BCUT2D eigenvalue weighted by Gasteiger charge is 2.00. The lowest BCUT2D eigenvalue weighted by Crippen LogP contribution is -1.95. The second-order valence-electron chi connectivity index (χ2n) is 2.24. The predicted molar refractivity (Wildman–Crippen MR) is 47.6 cm³/mol. The minimum absolute atomic E-state index is 0.549. The van der Waals surface area contributed by atoms with Crippen LogP contribution in [-0.2, 0) is 0 Å². The van der Waals surface area contributed by atoms with E-state index in [-0.39, 0.29) is 0 Å². The van der Waals surface area contributed by atoms with Crippen LogP contribution in [0, 0.1) is 12.3 Å². The van der Waals surface area contributed by atoms with E-state index in [0.29, 0.717) is 5.92 Å². The van der Waals surface area contributed by atoms with Crippen LogP contribution >= 0.6 is 0 Å². The molecule has 0 atom stereocenters. The van der Waals surface area contributed by atoms with Crippen LogP contribution in [0.25, 0.3) is 0 Å². The Morgan fingerprint density at radius 3 is 1.80 bits per heavy atom. The Bertz CT molecular complexity index is 87.4. The topological polar surface area (TPSA) is 0 Å². The molecule has 0 N–H and O–H groups in total. The number of allylic oxidation sites excluding steroid dienone is 3. The average molecular weight is 135 g/mol. The minimum Gasteiger partial charge on any atom is -0.103 e. The van der Waals surface area contributed by atoms with Crippen molar-refractivity contribution in [2.24, 2.45) is 5.92 Å². The van der Waals surface area contributed by atoms with Crippen LogP contribution < -0.4 is 0 Å². The van der Waals surface area contributed by atoms with Crippen LogP contribution in [0.5, 0.6) is 0 Å². The lowest BCUT2D eigenvalue weighted by Gasteiger charge is -2.07. The molecule has 0 aliphatic heterocycles. The molecule has 0 unspecified atom stereocenters. The lowest BCUT2D eigenvalue weighted by atomic mass is 9.98. The molecule has 0 aliphatic rings. The highest BCUT2D eigenvalue weighted by molar-refractivity contribution is 4.97. The van der Waals surface area contributed by atoms with Gasteiger partial charge in [0.15, 0.2) is 0 Å². The molecule has 0 bridgehead atoms. The first kappa shape index (κ1) is 9.22. The van der Waals surface area contributed by atoms with Crippen LogP contribution in [0.1, 0.15) is 12.8 Å². The first-order valence-corrected chi connectivity index (χ1v) is 3.52. The minimum atomic E-state index is 0.549. The van der Waals surface area contributed by atoms with E-state index in [1.165, 1.54) is 0 Å². The smallest absolute Gasteiger partial charge is 0.0136 e. The van der Waals surface area contributed by atoms with Crippen molar-refractivity contribution in [3.63, 3.8) is 0 Å². The zero-order valence-corrected chi connectivity index (χ0v) is 6.42. The number of rotatable bonds is 6. The molecule has 0 spiro atoms. The summed E-state index contributed by atoms with van der Waals surface area (Å²) in [6.45, 7) is 11.0. The van der Waals surface area contributed by atoms with Crippen LogP contribution in [0.4, 0.5) is 0 Å². The standard InChI is InChI=1S/C10H15/c1-4-7-10(8-5-2)9-6-3/h4-7,10H,1-3,8-9H2. The summed E-state index contributed by atoms with van der Waals surface area (Å²) in [5, 5.41) is 0. The Hall–Kier alpha value is -0.780. The van der Waals surface area contributed by atoms with Crippen LogP contribution in [0.15, 0.2) is 38.0 Å². The molecule has 0 fully saturated rings. The highest BCUT2D eigenvalue weighted by Crippen LogP contribution is 2.13. The average Bonchev–Trinajstić information content (AvgIpc) is 1.90. The molecule has 0 saturated carbocycles. The molecule has 0 aromatic heterocycles. The fourth-order valence-corrected chi connectivity index (χ4v) is 0.874. The zero-order chi connectivity index (χ0) is 7.82. The van der Waals surface area contributed by atoms with E-state index in [4.69, 9.17) is 0 Å². The third kappa shape index (κ3) is 4.13. The van der Waals surface area contributed by atoms with Gasteiger partial charge in [-0.05, 0) is 25.2 Å². The van der Waals surface area contributed by atoms with Crippen LogP contribution in [0.3, 0.4) is 0 Å². The monoisotopic (exact) mass is 135 g/mol. The van der Waals surface area contributed by atoms with Gasteiger partial charge in [-0.15, -0.1) is 19.7 Å². The second-order valence-corrected chi connectivity index (χ2v) is 2.24. The molecule has 0 heterocycles. The van der Waals surface area contributed by atoms with Crippen molar-refractivity contribution in [2.45, 2.75) is 12.8 Å². The van der Waals surface area contributed by atoms with Gasteiger partial charge in [0.05, 0.1) is 0 Å². The molecule has 0 heteroatoms. The summed E-state index contributed by atoms with van der Waals surface area (Å²) in [5.74, 6) is 0.549. The molecule has 10 heavy (non-hydrogen) atoms. The number of hydrogen-bond acceptors (Lipinski definition) is 0. The van der Waals surface area contributed by atoms with Gasteiger partial charge in [-0.1, -0.05) is 18.2 Å². The van der Waals surface area contributed by atoms with Crippen molar-refractivity contribution in [3.05, 3.63) is 44.4 Å². The molecule has 0 nitrogen and oxygen atoms in total. The Morgan fingerprint density at radius 2 is 1.50 bits per heavy atom. The Balaban J connectivity index is 3.58. The van der Waals surface area contributed by atoms with Crippen molar-refractivity contribution in [1.29, 1.82) is 0 Å². The van der Waals surface area contributed by atoms with Gasteiger partial charge in [0.25, 0.3) is 0 Å². The SMILES string of the molecule is C=C[CH]C(CC=C)CC=C. The van der Waals surface area contributed by atoms with Crippen LogP contribution in [0.2, 0.25) is 0 Å². The summed E-state index contributed by atoms with van der Waals surface area (Å²) in [5.41, 5.74) is 0. The summed E-state index contributed by atoms with van der Waals surface area (Å²) in [6.07, 6.45) is 9.79. The molecule has 55 valence electrons. The highest BCUT2D eigenvalue weighted by atomic mass is 14.0. The first-order chi connectivity index (χ1) is 4.85. The third-order valence-corrected chi connectivity index (χ3v) is 1.35. The summed E-state index contributed by atoms with van der Waals surface area (Å²) in [4.78, 5) is 0. The Kier molecular flexibility index (Phi) is 5.85. The van der Waals surface area contributed by atoms with Crippen molar-refractivity contribution in [3.8, 4) is 0 Å². The van der Waals surface area contributed by atoms with E-state index in [2.05, 4.69) is 26.2 Å². The maximum Gasteiger partial charge on any atom is -0.0136 e. The molecule has 0 saturated heterocycles. The quantitative estimate of drug-likeness (QED) is 0.491. The Labute approximate surface area is 64.0 Å². The van der Waals surface area contributed by atoms with Gasteiger partial charge < -0.3 is 0 Å². The van der Waals surface area contributed by atoms with Gasteiger partial charge in [0.2, 0.25) is 0 Å². The molecule has 0 aromatic carbocycles. The molecule has 0 aliphatic carbocycles. The maximum absolute atomic E-state index is 3.68. The van der Waals surface area contributed by atoms with Gasteiger partial charge in [0.1, 0.15) is 0 Å². The normalized spacial score (nSPS) is 9.30.